The second-order valence-corrected chi connectivity index (χ2v) is 6.85. The fourth-order valence-electron chi connectivity index (χ4n) is 3.09. The number of rotatable bonds is 3. The number of hydrogen-bond donors (Lipinski definition) is 2. The highest BCUT2D eigenvalue weighted by atomic mass is 35.5. The summed E-state index contributed by atoms with van der Waals surface area (Å²) in [5.74, 6) is -0.630. The summed E-state index contributed by atoms with van der Waals surface area (Å²) in [7, 11) is 0. The fourth-order valence-corrected chi connectivity index (χ4v) is 3.22. The summed E-state index contributed by atoms with van der Waals surface area (Å²) in [6.45, 7) is 6.69. The van der Waals surface area contributed by atoms with E-state index in [1.807, 2.05) is 20.8 Å². The van der Waals surface area contributed by atoms with E-state index < -0.39 is 17.4 Å². The lowest BCUT2D eigenvalue weighted by molar-refractivity contribution is 0.0399. The summed E-state index contributed by atoms with van der Waals surface area (Å²) < 4.78 is 13.7. The van der Waals surface area contributed by atoms with E-state index in [0.717, 1.165) is 12.6 Å². The highest BCUT2D eigenvalue weighted by molar-refractivity contribution is 6.28. The minimum Gasteiger partial charge on any atom is -0.465 e. The Hall–Kier alpha value is -1.63. The molecule has 122 valence electrons. The van der Waals surface area contributed by atoms with E-state index in [1.165, 1.54) is 4.90 Å². The average Bonchev–Trinajstić information content (AvgIpc) is 2.85. The van der Waals surface area contributed by atoms with E-state index in [0.29, 0.717) is 13.0 Å². The summed E-state index contributed by atoms with van der Waals surface area (Å²) in [6, 6.07) is 0. The molecule has 1 unspecified atom stereocenters. The Bertz CT molecular complexity index is 578. The molecule has 1 atom stereocenters. The maximum Gasteiger partial charge on any atom is 0.407 e. The zero-order valence-electron chi connectivity index (χ0n) is 12.9. The van der Waals surface area contributed by atoms with E-state index >= 15 is 0 Å². The molecule has 0 aliphatic carbocycles. The maximum absolute atomic E-state index is 13.7. The minimum absolute atomic E-state index is 0.0131. The maximum atomic E-state index is 13.7. The standard InChI is InChI=1S/C14H20ClFN4O2/c1-13(2,3)14(5-4-6-20(14)12(21)22)8-18-10-9(16)7-17-11(15)19-10/h7H,4-6,8H2,1-3H3,(H,21,22)(H,17,18,19). The molecular weight excluding hydrogens is 311 g/mol. The number of carbonyl (C=O) groups is 1. The highest BCUT2D eigenvalue weighted by Gasteiger charge is 2.51. The molecule has 1 saturated heterocycles. The van der Waals surface area contributed by atoms with Gasteiger partial charge < -0.3 is 15.3 Å². The van der Waals surface area contributed by atoms with Crippen molar-refractivity contribution in [2.75, 3.05) is 18.4 Å². The summed E-state index contributed by atoms with van der Waals surface area (Å²) in [5.41, 5.74) is -0.953. The van der Waals surface area contributed by atoms with Gasteiger partial charge in [0.2, 0.25) is 5.28 Å². The van der Waals surface area contributed by atoms with Crippen molar-refractivity contribution in [1.82, 2.24) is 14.9 Å². The van der Waals surface area contributed by atoms with Crippen LogP contribution in [-0.4, -0.2) is 44.7 Å². The number of hydrogen-bond acceptors (Lipinski definition) is 4. The number of amides is 1. The van der Waals surface area contributed by atoms with E-state index in [4.69, 9.17) is 11.6 Å². The quantitative estimate of drug-likeness (QED) is 0.832. The number of nitrogens with zero attached hydrogens (tertiary/aromatic N) is 3. The van der Waals surface area contributed by atoms with Gasteiger partial charge in [0.05, 0.1) is 11.7 Å². The van der Waals surface area contributed by atoms with Gasteiger partial charge in [0.15, 0.2) is 11.6 Å². The van der Waals surface area contributed by atoms with Crippen molar-refractivity contribution in [1.29, 1.82) is 0 Å². The molecule has 8 heteroatoms. The van der Waals surface area contributed by atoms with Gasteiger partial charge in [-0.25, -0.2) is 14.2 Å². The number of likely N-dealkylation sites (tertiary alicyclic amines) is 1. The number of anilines is 1. The Morgan fingerprint density at radius 3 is 2.86 bits per heavy atom. The molecule has 6 nitrogen and oxygen atoms in total. The molecular formula is C14H20ClFN4O2. The van der Waals surface area contributed by atoms with Gasteiger partial charge in [0, 0.05) is 13.1 Å². The summed E-state index contributed by atoms with van der Waals surface area (Å²) in [6.07, 6.45) is 1.51. The third-order valence-electron chi connectivity index (χ3n) is 4.38. The zero-order chi connectivity index (χ0) is 16.5. The average molecular weight is 331 g/mol. The molecule has 0 spiro atoms. The Balaban J connectivity index is 2.29. The first-order valence-electron chi connectivity index (χ1n) is 7.10. The van der Waals surface area contributed by atoms with Crippen LogP contribution < -0.4 is 5.32 Å². The minimum atomic E-state index is -0.963. The Kier molecular flexibility index (Phi) is 4.47. The van der Waals surface area contributed by atoms with E-state index in [2.05, 4.69) is 15.3 Å². The third-order valence-corrected chi connectivity index (χ3v) is 4.56. The van der Waals surface area contributed by atoms with Crippen molar-refractivity contribution < 1.29 is 14.3 Å². The zero-order valence-corrected chi connectivity index (χ0v) is 13.6. The predicted molar refractivity (Wildman–Crippen MR) is 81.6 cm³/mol. The second-order valence-electron chi connectivity index (χ2n) is 6.51. The van der Waals surface area contributed by atoms with Crippen molar-refractivity contribution >= 4 is 23.5 Å². The number of aromatic nitrogens is 2. The predicted octanol–water partition coefficient (Wildman–Crippen LogP) is 3.24. The molecule has 0 aromatic carbocycles. The smallest absolute Gasteiger partial charge is 0.407 e. The van der Waals surface area contributed by atoms with Gasteiger partial charge in [-0.2, -0.15) is 4.98 Å². The molecule has 22 heavy (non-hydrogen) atoms. The molecule has 1 aromatic rings. The lowest BCUT2D eigenvalue weighted by Crippen LogP contribution is -2.59. The molecule has 1 aromatic heterocycles. The van der Waals surface area contributed by atoms with Gasteiger partial charge in [-0.05, 0) is 29.9 Å². The SMILES string of the molecule is CC(C)(C)C1(CNc2nc(Cl)ncc2F)CCCN1C(=O)O. The van der Waals surface area contributed by atoms with Crippen molar-refractivity contribution in [2.24, 2.45) is 5.41 Å². The first-order valence-corrected chi connectivity index (χ1v) is 7.48. The number of carboxylic acid groups (broad SMARTS) is 1. The van der Waals surface area contributed by atoms with Gasteiger partial charge in [0.25, 0.3) is 0 Å². The van der Waals surface area contributed by atoms with Crippen LogP contribution in [0, 0.1) is 11.2 Å². The first-order chi connectivity index (χ1) is 10.2. The molecule has 2 N–H and O–H groups in total. The summed E-state index contributed by atoms with van der Waals surface area (Å²) in [5, 5.41) is 12.3. The van der Waals surface area contributed by atoms with Gasteiger partial charge in [-0.1, -0.05) is 20.8 Å². The van der Waals surface area contributed by atoms with Crippen LogP contribution in [0.5, 0.6) is 0 Å². The monoisotopic (exact) mass is 330 g/mol. The summed E-state index contributed by atoms with van der Waals surface area (Å²) in [4.78, 5) is 20.4. The molecule has 0 bridgehead atoms. The van der Waals surface area contributed by atoms with E-state index in [-0.39, 0.29) is 23.1 Å². The molecule has 2 rings (SSSR count). The lowest BCUT2D eigenvalue weighted by Gasteiger charge is -2.47. The van der Waals surface area contributed by atoms with Crippen LogP contribution >= 0.6 is 11.6 Å². The van der Waals surface area contributed by atoms with E-state index in [1.54, 1.807) is 0 Å². The molecule has 1 fully saturated rings. The number of nitrogens with one attached hydrogen (secondary N) is 1. The molecule has 1 aliphatic heterocycles. The van der Waals surface area contributed by atoms with E-state index in [9.17, 15) is 14.3 Å². The topological polar surface area (TPSA) is 78.4 Å². The van der Waals surface area contributed by atoms with Crippen LogP contribution in [0.3, 0.4) is 0 Å². The molecule has 0 radical (unpaired) electrons. The van der Waals surface area contributed by atoms with Crippen LogP contribution in [0.25, 0.3) is 0 Å². The second kappa shape index (κ2) is 5.87. The lowest BCUT2D eigenvalue weighted by atomic mass is 9.71. The molecule has 2 heterocycles. The van der Waals surface area contributed by atoms with Crippen LogP contribution in [0.15, 0.2) is 6.20 Å². The van der Waals surface area contributed by atoms with Crippen molar-refractivity contribution in [3.05, 3.63) is 17.3 Å². The van der Waals surface area contributed by atoms with Crippen LogP contribution in [-0.2, 0) is 0 Å². The van der Waals surface area contributed by atoms with Gasteiger partial charge in [-0.15, -0.1) is 0 Å². The third kappa shape index (κ3) is 2.95. The first kappa shape index (κ1) is 16.7. The van der Waals surface area contributed by atoms with Crippen molar-refractivity contribution in [3.63, 3.8) is 0 Å². The fraction of sp³-hybridized carbons (Fsp3) is 0.643. The van der Waals surface area contributed by atoms with Gasteiger partial charge >= 0.3 is 6.09 Å². The molecule has 1 aliphatic rings. The van der Waals surface area contributed by atoms with Crippen molar-refractivity contribution in [3.8, 4) is 0 Å². The number of halogens is 2. The van der Waals surface area contributed by atoms with Gasteiger partial charge in [-0.3, -0.25) is 0 Å². The Morgan fingerprint density at radius 2 is 2.27 bits per heavy atom. The Labute approximate surface area is 133 Å². The van der Waals surface area contributed by atoms with Crippen LogP contribution in [0.4, 0.5) is 15.0 Å². The molecule has 1 amide bonds. The summed E-state index contributed by atoms with van der Waals surface area (Å²) >= 11 is 5.68. The molecule has 0 saturated carbocycles. The largest absolute Gasteiger partial charge is 0.465 e. The van der Waals surface area contributed by atoms with Gasteiger partial charge in [0.1, 0.15) is 0 Å². The highest BCUT2D eigenvalue weighted by Crippen LogP contribution is 2.43. The van der Waals surface area contributed by atoms with Crippen LogP contribution in [0.1, 0.15) is 33.6 Å². The van der Waals surface area contributed by atoms with Crippen molar-refractivity contribution in [2.45, 2.75) is 39.2 Å². The normalized spacial score (nSPS) is 22.0. The Morgan fingerprint density at radius 1 is 1.59 bits per heavy atom. The van der Waals surface area contributed by atoms with Crippen LogP contribution in [0.2, 0.25) is 5.28 Å².